The van der Waals surface area contributed by atoms with Crippen molar-refractivity contribution in [1.82, 2.24) is 4.90 Å². The Hall–Kier alpha value is -1.51. The van der Waals surface area contributed by atoms with Crippen LogP contribution < -0.4 is 0 Å². The molecule has 0 unspecified atom stereocenters. The van der Waals surface area contributed by atoms with E-state index in [2.05, 4.69) is 24.3 Å². The summed E-state index contributed by atoms with van der Waals surface area (Å²) in [7, 11) is 0. The van der Waals surface area contributed by atoms with Crippen LogP contribution in [-0.2, 0) is 11.2 Å². The van der Waals surface area contributed by atoms with Crippen LogP contribution in [0.4, 0.5) is 4.79 Å². The van der Waals surface area contributed by atoms with Gasteiger partial charge in [-0.05, 0) is 42.7 Å². The van der Waals surface area contributed by atoms with Crippen molar-refractivity contribution in [3.05, 3.63) is 35.4 Å². The third-order valence-corrected chi connectivity index (χ3v) is 4.27. The largest absolute Gasteiger partial charge is 0.448 e. The molecule has 1 aliphatic carbocycles. The van der Waals surface area contributed by atoms with Gasteiger partial charge in [-0.3, -0.25) is 0 Å². The van der Waals surface area contributed by atoms with E-state index in [0.717, 1.165) is 31.8 Å². The van der Waals surface area contributed by atoms with Gasteiger partial charge in [0.25, 0.3) is 0 Å². The predicted octanol–water partition coefficient (Wildman–Crippen LogP) is 3.34. The number of amides is 1. The van der Waals surface area contributed by atoms with Gasteiger partial charge in [0, 0.05) is 6.54 Å². The van der Waals surface area contributed by atoms with Crippen molar-refractivity contribution in [3.8, 4) is 0 Å². The molecule has 1 saturated carbocycles. The fourth-order valence-electron chi connectivity index (χ4n) is 2.85. The van der Waals surface area contributed by atoms with Crippen LogP contribution in [0, 0.1) is 0 Å². The summed E-state index contributed by atoms with van der Waals surface area (Å²) in [6.45, 7) is 2.11. The van der Waals surface area contributed by atoms with Crippen molar-refractivity contribution in [2.24, 2.45) is 0 Å². The molecule has 0 bridgehead atoms. The number of cyclic esters (lactones) is 1. The number of carbonyl (C=O) groups excluding carboxylic acids is 1. The highest BCUT2D eigenvalue weighted by Gasteiger charge is 2.21. The normalized spacial score (nSPS) is 19.4. The van der Waals surface area contributed by atoms with E-state index in [4.69, 9.17) is 4.74 Å². The highest BCUT2D eigenvalue weighted by atomic mass is 16.6. The molecular formula is C16H21NO2. The minimum Gasteiger partial charge on any atom is -0.448 e. The summed E-state index contributed by atoms with van der Waals surface area (Å²) in [6.07, 6.45) is 5.99. The molecule has 19 heavy (non-hydrogen) atoms. The Morgan fingerprint density at radius 1 is 1.32 bits per heavy atom. The molecule has 0 N–H and O–H groups in total. The van der Waals surface area contributed by atoms with Crippen LogP contribution in [0.25, 0.3) is 0 Å². The molecule has 1 saturated heterocycles. The lowest BCUT2D eigenvalue weighted by Gasteiger charge is -2.26. The number of aryl methyl sites for hydroxylation is 1. The monoisotopic (exact) mass is 259 g/mol. The van der Waals surface area contributed by atoms with E-state index in [9.17, 15) is 4.79 Å². The lowest BCUT2D eigenvalue weighted by Crippen LogP contribution is -2.25. The molecule has 1 aromatic carbocycles. The van der Waals surface area contributed by atoms with Gasteiger partial charge in [-0.2, -0.15) is 0 Å². The van der Waals surface area contributed by atoms with Gasteiger partial charge in [0.2, 0.25) is 0 Å². The molecule has 1 aliphatic heterocycles. The maximum atomic E-state index is 11.3. The van der Waals surface area contributed by atoms with E-state index >= 15 is 0 Å². The Balaban J connectivity index is 1.50. The number of ether oxygens (including phenoxy) is 1. The first-order valence-corrected chi connectivity index (χ1v) is 7.33. The van der Waals surface area contributed by atoms with Gasteiger partial charge < -0.3 is 9.64 Å². The third-order valence-electron chi connectivity index (χ3n) is 4.27. The summed E-state index contributed by atoms with van der Waals surface area (Å²) in [6, 6.07) is 8.98. The first kappa shape index (κ1) is 12.5. The first-order chi connectivity index (χ1) is 9.33. The maximum Gasteiger partial charge on any atom is 0.409 e. The number of hydrogen-bond acceptors (Lipinski definition) is 2. The van der Waals surface area contributed by atoms with Crippen LogP contribution >= 0.6 is 0 Å². The Bertz CT molecular complexity index is 454. The average Bonchev–Trinajstić information content (AvgIpc) is 2.74. The molecular weight excluding hydrogens is 238 g/mol. The summed E-state index contributed by atoms with van der Waals surface area (Å²) in [5.74, 6) is 0.800. The molecule has 3 heteroatoms. The van der Waals surface area contributed by atoms with Crippen molar-refractivity contribution in [3.63, 3.8) is 0 Å². The van der Waals surface area contributed by atoms with Crippen LogP contribution in [0.15, 0.2) is 24.3 Å². The highest BCUT2D eigenvalue weighted by Crippen LogP contribution is 2.36. The molecule has 1 amide bonds. The maximum absolute atomic E-state index is 11.3. The lowest BCUT2D eigenvalue weighted by atomic mass is 9.79. The van der Waals surface area contributed by atoms with Crippen molar-refractivity contribution in [2.45, 2.75) is 38.0 Å². The summed E-state index contributed by atoms with van der Waals surface area (Å²) in [4.78, 5) is 13.1. The summed E-state index contributed by atoms with van der Waals surface area (Å²) in [5.41, 5.74) is 2.90. The zero-order chi connectivity index (χ0) is 13.1. The van der Waals surface area contributed by atoms with Crippen LogP contribution in [0.5, 0.6) is 0 Å². The lowest BCUT2D eigenvalue weighted by molar-refractivity contribution is 0.158. The minimum absolute atomic E-state index is 0.150. The quantitative estimate of drug-likeness (QED) is 0.811. The highest BCUT2D eigenvalue weighted by molar-refractivity contribution is 5.69. The fourth-order valence-corrected chi connectivity index (χ4v) is 2.85. The summed E-state index contributed by atoms with van der Waals surface area (Å²) < 4.78 is 4.93. The Kier molecular flexibility index (Phi) is 3.72. The predicted molar refractivity (Wildman–Crippen MR) is 74.3 cm³/mol. The third kappa shape index (κ3) is 2.91. The molecule has 3 nitrogen and oxygen atoms in total. The van der Waals surface area contributed by atoms with Crippen molar-refractivity contribution in [1.29, 1.82) is 0 Å². The molecule has 1 aromatic rings. The number of rotatable bonds is 5. The fraction of sp³-hybridized carbons (Fsp3) is 0.562. The first-order valence-electron chi connectivity index (χ1n) is 7.33. The second kappa shape index (κ2) is 5.64. The van der Waals surface area contributed by atoms with E-state index in [1.807, 2.05) is 0 Å². The molecule has 2 fully saturated rings. The molecule has 0 radical (unpaired) electrons. The molecule has 102 valence electrons. The summed E-state index contributed by atoms with van der Waals surface area (Å²) >= 11 is 0. The van der Waals surface area contributed by atoms with E-state index in [-0.39, 0.29) is 6.09 Å². The molecule has 0 atom stereocenters. The van der Waals surface area contributed by atoms with Crippen molar-refractivity contribution in [2.75, 3.05) is 19.7 Å². The average molecular weight is 259 g/mol. The number of benzene rings is 1. The zero-order valence-electron chi connectivity index (χ0n) is 11.3. The van der Waals surface area contributed by atoms with E-state index in [1.54, 1.807) is 4.90 Å². The molecule has 0 aromatic heterocycles. The van der Waals surface area contributed by atoms with Gasteiger partial charge in [-0.1, -0.05) is 30.7 Å². The molecule has 3 rings (SSSR count). The second-order valence-corrected chi connectivity index (χ2v) is 5.58. The SMILES string of the molecule is O=C1OCCN1CCCc1cccc(C2CCC2)c1. The van der Waals surface area contributed by atoms with Crippen molar-refractivity contribution >= 4 is 6.09 Å². The van der Waals surface area contributed by atoms with Crippen molar-refractivity contribution < 1.29 is 9.53 Å². The molecule has 2 aliphatic rings. The standard InChI is InChI=1S/C16H21NO2/c18-16-17(10-11-19-16)9-3-5-13-4-1-8-15(12-13)14-6-2-7-14/h1,4,8,12,14H,2-3,5-7,9-11H2. The minimum atomic E-state index is -0.150. The van der Waals surface area contributed by atoms with Crippen LogP contribution in [0.2, 0.25) is 0 Å². The van der Waals surface area contributed by atoms with E-state index < -0.39 is 0 Å². The molecule has 1 heterocycles. The van der Waals surface area contributed by atoms with Crippen LogP contribution in [0.1, 0.15) is 42.7 Å². The van der Waals surface area contributed by atoms with Crippen LogP contribution in [-0.4, -0.2) is 30.7 Å². The van der Waals surface area contributed by atoms with Gasteiger partial charge in [-0.15, -0.1) is 0 Å². The molecule has 0 spiro atoms. The number of carbonyl (C=O) groups is 1. The topological polar surface area (TPSA) is 29.5 Å². The van der Waals surface area contributed by atoms with E-state index in [0.29, 0.717) is 6.61 Å². The Labute approximate surface area is 114 Å². The number of hydrogen-bond donors (Lipinski definition) is 0. The van der Waals surface area contributed by atoms with Gasteiger partial charge >= 0.3 is 6.09 Å². The van der Waals surface area contributed by atoms with Gasteiger partial charge in [0.1, 0.15) is 6.61 Å². The summed E-state index contributed by atoms with van der Waals surface area (Å²) in [5, 5.41) is 0. The zero-order valence-corrected chi connectivity index (χ0v) is 11.3. The van der Waals surface area contributed by atoms with Gasteiger partial charge in [0.15, 0.2) is 0 Å². The van der Waals surface area contributed by atoms with Gasteiger partial charge in [0.05, 0.1) is 6.54 Å². The Morgan fingerprint density at radius 3 is 2.89 bits per heavy atom. The number of nitrogens with zero attached hydrogens (tertiary/aromatic N) is 1. The second-order valence-electron chi connectivity index (χ2n) is 5.58. The smallest absolute Gasteiger partial charge is 0.409 e. The van der Waals surface area contributed by atoms with Gasteiger partial charge in [-0.25, -0.2) is 4.79 Å². The Morgan fingerprint density at radius 2 is 2.21 bits per heavy atom. The van der Waals surface area contributed by atoms with Crippen LogP contribution in [0.3, 0.4) is 0 Å². The van der Waals surface area contributed by atoms with E-state index in [1.165, 1.54) is 30.4 Å².